The largest absolute Gasteiger partial charge is 0.147 e. The Balaban J connectivity index is 0.00000137. The van der Waals surface area contributed by atoms with Gasteiger partial charge in [0.15, 0.2) is 0 Å². The van der Waals surface area contributed by atoms with Crippen LogP contribution in [0.15, 0.2) is 72.8 Å². The minimum absolute atomic E-state index is 0. The molecule has 0 saturated carbocycles. The molecule has 0 spiro atoms. The van der Waals surface area contributed by atoms with Crippen molar-refractivity contribution in [1.29, 1.82) is 0 Å². The maximum atomic E-state index is 2.66. The van der Waals surface area contributed by atoms with E-state index in [0.29, 0.717) is 0 Å². The van der Waals surface area contributed by atoms with Crippen LogP contribution in [0.4, 0.5) is 0 Å². The second-order valence-corrected chi connectivity index (χ2v) is 51.4. The van der Waals surface area contributed by atoms with E-state index in [1.165, 1.54) is 33.4 Å². The van der Waals surface area contributed by atoms with E-state index in [1.54, 1.807) is 28.9 Å². The molecule has 0 unspecified atom stereocenters. The van der Waals surface area contributed by atoms with Gasteiger partial charge in [-0.25, -0.2) is 0 Å². The van der Waals surface area contributed by atoms with Gasteiger partial charge in [0, 0.05) is 0 Å². The zero-order valence-electron chi connectivity index (χ0n) is 20.4. The Morgan fingerprint density at radius 1 is 0.559 bits per heavy atom. The molecule has 0 radical (unpaired) electrons. The van der Waals surface area contributed by atoms with Crippen molar-refractivity contribution < 1.29 is 17.1 Å². The quantitative estimate of drug-likeness (QED) is 0.183. The van der Waals surface area contributed by atoms with Crippen LogP contribution in [-0.4, -0.2) is 6.94 Å². The fourth-order valence-corrected chi connectivity index (χ4v) is 28.1. The third kappa shape index (κ3) is 3.56. The van der Waals surface area contributed by atoms with Gasteiger partial charge in [-0.3, -0.25) is 0 Å². The number of rotatable bonds is 2. The summed E-state index contributed by atoms with van der Waals surface area (Å²) in [5.41, 5.74) is 15.0. The van der Waals surface area contributed by atoms with Crippen LogP contribution in [0.1, 0.15) is 33.4 Å². The number of hydrogen-bond acceptors (Lipinski definition) is 0. The van der Waals surface area contributed by atoms with Crippen molar-refractivity contribution >= 4 is 38.4 Å². The summed E-state index contributed by atoms with van der Waals surface area (Å²) in [7, 11) is 0. The predicted octanol–water partition coefficient (Wildman–Crippen LogP) is 6.57. The van der Waals surface area contributed by atoms with Crippen molar-refractivity contribution in [2.75, 3.05) is 0 Å². The van der Waals surface area contributed by atoms with Gasteiger partial charge in [-0.2, -0.15) is 0 Å². The van der Waals surface area contributed by atoms with Crippen molar-refractivity contribution in [1.82, 2.24) is 0 Å². The summed E-state index contributed by atoms with van der Waals surface area (Å²) in [5, 5.41) is 0. The van der Waals surface area contributed by atoms with Crippen LogP contribution in [0, 0.1) is 13.8 Å². The third-order valence-corrected chi connectivity index (χ3v) is 30.8. The number of halogens is 2. The molecule has 34 heavy (non-hydrogen) atoms. The average Bonchev–Trinajstić information content (AvgIpc) is 3.33. The van der Waals surface area contributed by atoms with Crippen molar-refractivity contribution in [2.24, 2.45) is 0 Å². The molecule has 0 amide bonds. The van der Waals surface area contributed by atoms with Gasteiger partial charge in [0.05, 0.1) is 0 Å². The molecular formula is C30H32Cl2HfSi. The first-order chi connectivity index (χ1) is 15.2. The van der Waals surface area contributed by atoms with E-state index in [-0.39, 0.29) is 24.8 Å². The molecule has 2 aliphatic rings. The molecule has 6 rings (SSSR count). The van der Waals surface area contributed by atoms with Gasteiger partial charge in [-0.05, 0) is 0 Å². The number of fused-ring (bicyclic) bond motifs is 6. The predicted molar refractivity (Wildman–Crippen MR) is 153 cm³/mol. The Labute approximate surface area is 218 Å². The maximum Gasteiger partial charge on any atom is -0.147 e. The number of benzene rings is 4. The van der Waals surface area contributed by atoms with E-state index in [1.807, 2.05) is 0 Å². The Hall–Kier alpha value is -1.45. The zero-order chi connectivity index (χ0) is 22.3. The van der Waals surface area contributed by atoms with Gasteiger partial charge in [0.2, 0.25) is 0 Å². The minimum Gasteiger partial charge on any atom is -0.147 e. The molecule has 0 atom stereocenters. The van der Waals surface area contributed by atoms with Gasteiger partial charge in [-0.15, -0.1) is 24.8 Å². The van der Waals surface area contributed by atoms with Crippen LogP contribution in [-0.2, 0) is 30.0 Å². The van der Waals surface area contributed by atoms with E-state index in [0.717, 1.165) is 12.8 Å². The van der Waals surface area contributed by atoms with Gasteiger partial charge in [0.25, 0.3) is 0 Å². The van der Waals surface area contributed by atoms with Crippen molar-refractivity contribution in [3.05, 3.63) is 106 Å². The average molecular weight is 670 g/mol. The molecule has 0 nitrogen and oxygen atoms in total. The molecule has 4 aromatic rings. The van der Waals surface area contributed by atoms with Crippen molar-refractivity contribution in [3.8, 4) is 22.3 Å². The molecule has 0 saturated heterocycles. The molecule has 0 fully saturated rings. The van der Waals surface area contributed by atoms with Gasteiger partial charge in [0.1, 0.15) is 0 Å². The summed E-state index contributed by atoms with van der Waals surface area (Å²) in [6.07, 6.45) is 2.17. The Bertz CT molecular complexity index is 1420. The smallest absolute Gasteiger partial charge is 0.147 e. The van der Waals surface area contributed by atoms with Crippen LogP contribution in [0.5, 0.6) is 0 Å². The second-order valence-electron chi connectivity index (χ2n) is 10.9. The first-order valence-corrected chi connectivity index (χ1v) is 30.9. The molecule has 0 bridgehead atoms. The molecule has 0 N–H and O–H groups in total. The summed E-state index contributed by atoms with van der Waals surface area (Å²) in [4.78, 5) is 0. The summed E-state index contributed by atoms with van der Waals surface area (Å²) in [6, 6.07) is 27.8. The maximum absolute atomic E-state index is 3.55. The molecular weight excluding hydrogens is 638 g/mol. The molecule has 4 heteroatoms. The molecule has 0 aromatic heterocycles. The van der Waals surface area contributed by atoms with Crippen LogP contribution >= 0.6 is 24.8 Å². The Morgan fingerprint density at radius 2 is 0.941 bits per heavy atom. The number of hydrogen-bond donors (Lipinski definition) is 0. The zero-order valence-corrected chi connectivity index (χ0v) is 27.0. The van der Waals surface area contributed by atoms with Gasteiger partial charge >= 0.3 is 195 Å². The summed E-state index contributed by atoms with van der Waals surface area (Å²) in [6.45, 7) is 7.16. The van der Waals surface area contributed by atoms with E-state index in [2.05, 4.69) is 103 Å². The van der Waals surface area contributed by atoms with Gasteiger partial charge in [-0.1, -0.05) is 0 Å². The van der Waals surface area contributed by atoms with Crippen LogP contribution in [0.25, 0.3) is 22.3 Å². The van der Waals surface area contributed by atoms with Crippen LogP contribution in [0.2, 0.25) is 9.36 Å². The fourth-order valence-electron chi connectivity index (χ4n) is 6.61. The van der Waals surface area contributed by atoms with E-state index in [4.69, 9.17) is 0 Å². The molecule has 0 aliphatic heterocycles. The standard InChI is InChI=1S/2C14H11.2CH3.2ClH.Hf.H2Si/c2*1-10-5-4-8-13-12-7-3-2-6-11(12)9-14(10)13;;;;;;/h2*2-4,6-8H,9H2,1H3;2*1H3;2*1H;;1H2. The first-order valence-electron chi connectivity index (χ1n) is 11.7. The van der Waals surface area contributed by atoms with E-state index in [9.17, 15) is 0 Å². The summed E-state index contributed by atoms with van der Waals surface area (Å²) in [5.74, 6) is 0. The van der Waals surface area contributed by atoms with Crippen molar-refractivity contribution in [2.45, 2.75) is 36.0 Å². The van der Waals surface area contributed by atoms with Gasteiger partial charge < -0.3 is 0 Å². The Kier molecular flexibility index (Phi) is 6.47. The minimum atomic E-state index is -3.55. The monoisotopic (exact) mass is 670 g/mol. The van der Waals surface area contributed by atoms with Crippen molar-refractivity contribution in [3.63, 3.8) is 0 Å². The second kappa shape index (κ2) is 8.59. The van der Waals surface area contributed by atoms with E-state index >= 15 is 0 Å². The molecule has 2 aliphatic carbocycles. The topological polar surface area (TPSA) is 0 Å². The molecule has 174 valence electrons. The molecule has 4 aromatic carbocycles. The normalized spacial score (nSPS) is 13.2. The van der Waals surface area contributed by atoms with Crippen LogP contribution < -0.4 is 6.64 Å². The summed E-state index contributed by atoms with van der Waals surface area (Å²) >= 11 is -3.55. The molecule has 0 heterocycles. The van der Waals surface area contributed by atoms with Crippen LogP contribution in [0.3, 0.4) is 0 Å². The summed E-state index contributed by atoms with van der Waals surface area (Å²) < 4.78 is 8.66. The third-order valence-electron chi connectivity index (χ3n) is 8.27. The SMILES string of the molecule is Cc1[c]([Hf]([CH3])([CH3])(=[SiH2])[c]2ccc3c(c2C)Cc2ccccc2-3)ccc2c1Cc1ccccc1-2.Cl.Cl. The van der Waals surface area contributed by atoms with E-state index < -0.39 is 17.1 Å². The Morgan fingerprint density at radius 3 is 1.35 bits per heavy atom. The first kappa shape index (κ1) is 25.6. The fraction of sp³-hybridized carbons (Fsp3) is 0.200.